The van der Waals surface area contributed by atoms with Crippen molar-refractivity contribution in [2.45, 2.75) is 51.1 Å². The largest absolute Gasteiger partial charge is 0.352 e. The van der Waals surface area contributed by atoms with Gasteiger partial charge in [-0.3, -0.25) is 9.59 Å². The molecule has 1 aliphatic rings. The number of nitrogens with one attached hydrogen (secondary N) is 2. The zero-order valence-electron chi connectivity index (χ0n) is 10.4. The van der Waals surface area contributed by atoms with Gasteiger partial charge in [-0.1, -0.05) is 13.3 Å². The van der Waals surface area contributed by atoms with Crippen molar-refractivity contribution >= 4 is 24.2 Å². The summed E-state index contributed by atoms with van der Waals surface area (Å²) in [6.07, 6.45) is 3.55. The minimum absolute atomic E-state index is 0. The van der Waals surface area contributed by atoms with Gasteiger partial charge < -0.3 is 16.4 Å². The maximum atomic E-state index is 11.6. The molecule has 0 bridgehead atoms. The first-order valence-corrected chi connectivity index (χ1v) is 5.82. The molecule has 6 heteroatoms. The molecule has 0 aromatic carbocycles. The van der Waals surface area contributed by atoms with Gasteiger partial charge in [0.15, 0.2) is 0 Å². The number of halogens is 1. The molecular weight excluding hydrogens is 242 g/mol. The summed E-state index contributed by atoms with van der Waals surface area (Å²) < 4.78 is 0. The van der Waals surface area contributed by atoms with Crippen molar-refractivity contribution in [3.63, 3.8) is 0 Å². The molecule has 2 amide bonds. The van der Waals surface area contributed by atoms with Gasteiger partial charge in [0, 0.05) is 6.04 Å². The quantitative estimate of drug-likeness (QED) is 0.645. The van der Waals surface area contributed by atoms with E-state index < -0.39 is 5.54 Å². The van der Waals surface area contributed by atoms with Crippen LogP contribution in [0, 0.1) is 0 Å². The van der Waals surface area contributed by atoms with Crippen LogP contribution in [-0.2, 0) is 9.59 Å². The number of carbonyl (C=O) groups excluding carboxylic acids is 2. The number of carbonyl (C=O) groups is 2. The van der Waals surface area contributed by atoms with Crippen LogP contribution in [0.4, 0.5) is 0 Å². The second kappa shape index (κ2) is 6.81. The lowest BCUT2D eigenvalue weighted by Gasteiger charge is -2.22. The summed E-state index contributed by atoms with van der Waals surface area (Å²) >= 11 is 0. The fourth-order valence-corrected chi connectivity index (χ4v) is 1.50. The van der Waals surface area contributed by atoms with Crippen molar-refractivity contribution in [2.24, 2.45) is 5.73 Å². The van der Waals surface area contributed by atoms with Crippen molar-refractivity contribution in [1.29, 1.82) is 0 Å². The van der Waals surface area contributed by atoms with Gasteiger partial charge in [-0.2, -0.15) is 0 Å². The van der Waals surface area contributed by atoms with E-state index in [9.17, 15) is 9.59 Å². The standard InChI is InChI=1S/C11H21N3O2.ClH/c1-3-6-11(2,12)10(16)13-7-9(15)14-8-4-5-8;/h8H,3-7,12H2,1-2H3,(H,13,16)(H,14,15);1H. The van der Waals surface area contributed by atoms with Crippen LogP contribution in [0.1, 0.15) is 39.5 Å². The third-order valence-corrected chi connectivity index (χ3v) is 2.64. The van der Waals surface area contributed by atoms with Crippen LogP contribution >= 0.6 is 12.4 Å². The molecule has 0 saturated heterocycles. The van der Waals surface area contributed by atoms with Crippen molar-refractivity contribution in [2.75, 3.05) is 6.54 Å². The molecule has 1 atom stereocenters. The van der Waals surface area contributed by atoms with Gasteiger partial charge in [0.25, 0.3) is 0 Å². The van der Waals surface area contributed by atoms with Gasteiger partial charge in [0.2, 0.25) is 11.8 Å². The van der Waals surface area contributed by atoms with E-state index >= 15 is 0 Å². The molecule has 1 unspecified atom stereocenters. The van der Waals surface area contributed by atoms with Crippen LogP contribution in [0.25, 0.3) is 0 Å². The van der Waals surface area contributed by atoms with E-state index in [0.29, 0.717) is 12.5 Å². The molecule has 17 heavy (non-hydrogen) atoms. The molecule has 0 radical (unpaired) electrons. The average molecular weight is 264 g/mol. The molecule has 0 aliphatic heterocycles. The third kappa shape index (κ3) is 5.89. The summed E-state index contributed by atoms with van der Waals surface area (Å²) in [6.45, 7) is 3.68. The first kappa shape index (κ1) is 16.2. The summed E-state index contributed by atoms with van der Waals surface area (Å²) in [5.41, 5.74) is 4.95. The Morgan fingerprint density at radius 1 is 1.41 bits per heavy atom. The van der Waals surface area contributed by atoms with Crippen molar-refractivity contribution < 1.29 is 9.59 Å². The molecule has 1 aliphatic carbocycles. The number of amides is 2. The van der Waals surface area contributed by atoms with Crippen molar-refractivity contribution in [3.8, 4) is 0 Å². The Labute approximate surface area is 108 Å². The molecule has 1 rings (SSSR count). The Kier molecular flexibility index (Phi) is 6.49. The van der Waals surface area contributed by atoms with Crippen LogP contribution in [0.3, 0.4) is 0 Å². The van der Waals surface area contributed by atoms with E-state index in [-0.39, 0.29) is 30.8 Å². The normalized spacial score (nSPS) is 17.6. The van der Waals surface area contributed by atoms with E-state index in [2.05, 4.69) is 10.6 Å². The number of hydrogen-bond acceptors (Lipinski definition) is 3. The molecule has 100 valence electrons. The molecule has 0 aromatic heterocycles. The average Bonchev–Trinajstić information content (AvgIpc) is 2.97. The highest BCUT2D eigenvalue weighted by atomic mass is 35.5. The summed E-state index contributed by atoms with van der Waals surface area (Å²) in [5, 5.41) is 5.36. The van der Waals surface area contributed by atoms with Crippen LogP contribution in [0.2, 0.25) is 0 Å². The van der Waals surface area contributed by atoms with Gasteiger partial charge in [-0.05, 0) is 26.2 Å². The minimum atomic E-state index is -0.880. The molecule has 1 fully saturated rings. The van der Waals surface area contributed by atoms with E-state index in [1.807, 2.05) is 6.92 Å². The van der Waals surface area contributed by atoms with Gasteiger partial charge >= 0.3 is 0 Å². The predicted octanol–water partition coefficient (Wildman–Crippen LogP) is 0.320. The lowest BCUT2D eigenvalue weighted by molar-refractivity contribution is -0.129. The first-order valence-electron chi connectivity index (χ1n) is 5.82. The lowest BCUT2D eigenvalue weighted by Crippen LogP contribution is -2.53. The Bertz CT molecular complexity index is 278. The second-order valence-electron chi connectivity index (χ2n) is 4.69. The third-order valence-electron chi connectivity index (χ3n) is 2.64. The Morgan fingerprint density at radius 3 is 2.47 bits per heavy atom. The summed E-state index contributed by atoms with van der Waals surface area (Å²) in [5.74, 6) is -0.400. The molecule has 0 heterocycles. The zero-order valence-corrected chi connectivity index (χ0v) is 11.2. The van der Waals surface area contributed by atoms with Crippen molar-refractivity contribution in [3.05, 3.63) is 0 Å². The first-order chi connectivity index (χ1) is 7.45. The lowest BCUT2D eigenvalue weighted by atomic mass is 9.97. The van der Waals surface area contributed by atoms with E-state index in [1.165, 1.54) is 0 Å². The predicted molar refractivity (Wildman–Crippen MR) is 68.9 cm³/mol. The fraction of sp³-hybridized carbons (Fsp3) is 0.818. The smallest absolute Gasteiger partial charge is 0.240 e. The molecule has 1 saturated carbocycles. The van der Waals surface area contributed by atoms with Crippen LogP contribution in [0.5, 0.6) is 0 Å². The van der Waals surface area contributed by atoms with Crippen molar-refractivity contribution in [1.82, 2.24) is 10.6 Å². The molecule has 0 aromatic rings. The monoisotopic (exact) mass is 263 g/mol. The van der Waals surface area contributed by atoms with Crippen LogP contribution < -0.4 is 16.4 Å². The Hall–Kier alpha value is -0.810. The summed E-state index contributed by atoms with van der Waals surface area (Å²) in [6, 6.07) is 0.323. The maximum absolute atomic E-state index is 11.6. The van der Waals surface area contributed by atoms with Crippen LogP contribution in [0.15, 0.2) is 0 Å². The highest BCUT2D eigenvalue weighted by Crippen LogP contribution is 2.18. The number of nitrogens with two attached hydrogens (primary N) is 1. The molecule has 0 spiro atoms. The second-order valence-corrected chi connectivity index (χ2v) is 4.69. The SMILES string of the molecule is CCCC(C)(N)C(=O)NCC(=O)NC1CC1.Cl. The van der Waals surface area contributed by atoms with Crippen LogP contribution in [-0.4, -0.2) is 29.9 Å². The zero-order chi connectivity index (χ0) is 12.2. The highest BCUT2D eigenvalue weighted by molar-refractivity contribution is 5.89. The van der Waals surface area contributed by atoms with Gasteiger partial charge in [-0.15, -0.1) is 12.4 Å². The molecular formula is C11H22ClN3O2. The summed E-state index contributed by atoms with van der Waals surface area (Å²) in [7, 11) is 0. The van der Waals surface area contributed by atoms with Gasteiger partial charge in [0.1, 0.15) is 0 Å². The number of rotatable bonds is 6. The molecule has 5 nitrogen and oxygen atoms in total. The highest BCUT2D eigenvalue weighted by Gasteiger charge is 2.28. The Balaban J connectivity index is 0.00000256. The maximum Gasteiger partial charge on any atom is 0.240 e. The van der Waals surface area contributed by atoms with Gasteiger partial charge in [-0.25, -0.2) is 0 Å². The van der Waals surface area contributed by atoms with E-state index in [1.54, 1.807) is 6.92 Å². The summed E-state index contributed by atoms with van der Waals surface area (Å²) in [4.78, 5) is 23.0. The topological polar surface area (TPSA) is 84.2 Å². The van der Waals surface area contributed by atoms with Gasteiger partial charge in [0.05, 0.1) is 12.1 Å². The van der Waals surface area contributed by atoms with E-state index in [0.717, 1.165) is 19.3 Å². The number of hydrogen-bond donors (Lipinski definition) is 3. The van der Waals surface area contributed by atoms with E-state index in [4.69, 9.17) is 5.73 Å². The Morgan fingerprint density at radius 2 is 2.00 bits per heavy atom. The fourth-order valence-electron chi connectivity index (χ4n) is 1.50. The molecule has 4 N–H and O–H groups in total. The minimum Gasteiger partial charge on any atom is -0.352 e.